The molecule has 1 aromatic carbocycles. The van der Waals surface area contributed by atoms with E-state index in [2.05, 4.69) is 16.3 Å². The molecule has 0 amide bonds. The Morgan fingerprint density at radius 1 is 1.18 bits per heavy atom. The minimum Gasteiger partial charge on any atom is -0.479 e. The second-order valence-electron chi connectivity index (χ2n) is 5.26. The predicted octanol–water partition coefficient (Wildman–Crippen LogP) is 3.00. The van der Waals surface area contributed by atoms with Gasteiger partial charge < -0.3 is 5.11 Å². The van der Waals surface area contributed by atoms with Crippen LogP contribution in [0.1, 0.15) is 44.6 Å². The van der Waals surface area contributed by atoms with Gasteiger partial charge in [-0.05, 0) is 31.2 Å². The quantitative estimate of drug-likeness (QED) is 0.499. The van der Waals surface area contributed by atoms with E-state index in [1.165, 1.54) is 5.56 Å². The Kier molecular flexibility index (Phi) is 8.12. The fraction of sp³-hybridized carbons (Fsp3) is 0.562. The van der Waals surface area contributed by atoms with Crippen LogP contribution in [0.25, 0.3) is 0 Å². The van der Waals surface area contributed by atoms with E-state index in [1.54, 1.807) is 6.92 Å². The van der Waals surface area contributed by atoms with Gasteiger partial charge in [-0.1, -0.05) is 50.1 Å². The van der Waals surface area contributed by atoms with Gasteiger partial charge in [-0.15, -0.1) is 0 Å². The monoisotopic (exact) mass is 328 g/mol. The highest BCUT2D eigenvalue weighted by Gasteiger charge is 2.25. The SMILES string of the molecule is CCC(CCCCCc1ccccc1)S(=O)(=O)OCC(=O)O. The van der Waals surface area contributed by atoms with Crippen molar-refractivity contribution in [3.8, 4) is 0 Å². The maximum Gasteiger partial charge on any atom is 0.331 e. The van der Waals surface area contributed by atoms with Crippen molar-refractivity contribution in [3.05, 3.63) is 35.9 Å². The second-order valence-corrected chi connectivity index (χ2v) is 7.15. The number of aliphatic carboxylic acids is 1. The molecule has 1 rings (SSSR count). The molecule has 1 atom stereocenters. The lowest BCUT2D eigenvalue weighted by Crippen LogP contribution is -2.25. The maximum absolute atomic E-state index is 11.9. The highest BCUT2D eigenvalue weighted by molar-refractivity contribution is 7.87. The Morgan fingerprint density at radius 2 is 1.86 bits per heavy atom. The van der Waals surface area contributed by atoms with Crippen molar-refractivity contribution < 1.29 is 22.5 Å². The zero-order valence-corrected chi connectivity index (χ0v) is 13.7. The lowest BCUT2D eigenvalue weighted by Gasteiger charge is -2.14. The number of hydrogen-bond acceptors (Lipinski definition) is 4. The highest BCUT2D eigenvalue weighted by Crippen LogP contribution is 2.17. The summed E-state index contributed by atoms with van der Waals surface area (Å²) in [6.07, 6.45) is 4.67. The van der Waals surface area contributed by atoms with E-state index in [0.29, 0.717) is 12.8 Å². The van der Waals surface area contributed by atoms with E-state index in [1.807, 2.05) is 18.2 Å². The largest absolute Gasteiger partial charge is 0.479 e. The molecule has 1 aromatic rings. The van der Waals surface area contributed by atoms with Crippen molar-refractivity contribution in [2.75, 3.05) is 6.61 Å². The Hall–Kier alpha value is -1.40. The first-order valence-corrected chi connectivity index (χ1v) is 9.06. The number of rotatable bonds is 11. The minimum atomic E-state index is -3.79. The molecule has 0 aliphatic heterocycles. The molecule has 0 aliphatic rings. The average Bonchev–Trinajstić information content (AvgIpc) is 2.50. The topological polar surface area (TPSA) is 80.7 Å². The normalized spacial score (nSPS) is 13.0. The maximum atomic E-state index is 11.9. The first kappa shape index (κ1) is 18.6. The fourth-order valence-corrected chi connectivity index (χ4v) is 3.63. The first-order valence-electron chi connectivity index (χ1n) is 7.59. The summed E-state index contributed by atoms with van der Waals surface area (Å²) in [4.78, 5) is 10.4. The summed E-state index contributed by atoms with van der Waals surface area (Å²) >= 11 is 0. The van der Waals surface area contributed by atoms with Gasteiger partial charge in [0.2, 0.25) is 0 Å². The van der Waals surface area contributed by atoms with Gasteiger partial charge in [0, 0.05) is 0 Å². The van der Waals surface area contributed by atoms with Crippen LogP contribution in [0.5, 0.6) is 0 Å². The summed E-state index contributed by atoms with van der Waals surface area (Å²) in [6, 6.07) is 10.2. The molecule has 1 N–H and O–H groups in total. The van der Waals surface area contributed by atoms with Gasteiger partial charge in [0.1, 0.15) is 0 Å². The third-order valence-corrected chi connectivity index (χ3v) is 5.38. The van der Waals surface area contributed by atoms with Crippen molar-refractivity contribution in [3.63, 3.8) is 0 Å². The Morgan fingerprint density at radius 3 is 2.45 bits per heavy atom. The lowest BCUT2D eigenvalue weighted by atomic mass is 10.1. The number of carbonyl (C=O) groups is 1. The smallest absolute Gasteiger partial charge is 0.331 e. The molecule has 0 radical (unpaired) electrons. The van der Waals surface area contributed by atoms with Crippen molar-refractivity contribution in [1.82, 2.24) is 0 Å². The molecule has 0 saturated carbocycles. The van der Waals surface area contributed by atoms with Crippen LogP contribution >= 0.6 is 0 Å². The van der Waals surface area contributed by atoms with Gasteiger partial charge in [0.25, 0.3) is 10.1 Å². The molecule has 0 heterocycles. The summed E-state index contributed by atoms with van der Waals surface area (Å²) in [5.74, 6) is -1.28. The van der Waals surface area contributed by atoms with E-state index < -0.39 is 27.9 Å². The summed E-state index contributed by atoms with van der Waals surface area (Å²) in [5.41, 5.74) is 1.28. The van der Waals surface area contributed by atoms with Gasteiger partial charge in [-0.2, -0.15) is 8.42 Å². The summed E-state index contributed by atoms with van der Waals surface area (Å²) < 4.78 is 28.3. The molecule has 0 spiro atoms. The third kappa shape index (κ3) is 7.04. The molecular formula is C16H24O5S. The summed E-state index contributed by atoms with van der Waals surface area (Å²) in [5, 5.41) is 7.87. The summed E-state index contributed by atoms with van der Waals surface area (Å²) in [6.45, 7) is 0.975. The molecular weight excluding hydrogens is 304 g/mol. The third-order valence-electron chi connectivity index (χ3n) is 3.54. The van der Waals surface area contributed by atoms with Crippen LogP contribution in [0.4, 0.5) is 0 Å². The van der Waals surface area contributed by atoms with Crippen LogP contribution in [-0.2, 0) is 25.5 Å². The molecule has 0 aromatic heterocycles. The second kappa shape index (κ2) is 9.58. The van der Waals surface area contributed by atoms with Gasteiger partial charge >= 0.3 is 5.97 Å². The van der Waals surface area contributed by atoms with Crippen molar-refractivity contribution in [2.24, 2.45) is 0 Å². The zero-order chi connectivity index (χ0) is 16.4. The van der Waals surface area contributed by atoms with Crippen LogP contribution in [0, 0.1) is 0 Å². The van der Waals surface area contributed by atoms with E-state index in [0.717, 1.165) is 25.7 Å². The number of unbranched alkanes of at least 4 members (excludes halogenated alkanes) is 2. The van der Waals surface area contributed by atoms with Gasteiger partial charge in [0.05, 0.1) is 5.25 Å². The molecule has 5 nitrogen and oxygen atoms in total. The zero-order valence-electron chi connectivity index (χ0n) is 12.9. The van der Waals surface area contributed by atoms with E-state index >= 15 is 0 Å². The fourth-order valence-electron chi connectivity index (χ4n) is 2.30. The molecule has 0 saturated heterocycles. The van der Waals surface area contributed by atoms with Crippen LogP contribution in [0.2, 0.25) is 0 Å². The molecule has 0 fully saturated rings. The number of carboxylic acids is 1. The van der Waals surface area contributed by atoms with E-state index in [9.17, 15) is 13.2 Å². The first-order chi connectivity index (χ1) is 10.5. The molecule has 0 bridgehead atoms. The van der Waals surface area contributed by atoms with Crippen LogP contribution in [0.3, 0.4) is 0 Å². The predicted molar refractivity (Wildman–Crippen MR) is 85.2 cm³/mol. The van der Waals surface area contributed by atoms with Gasteiger partial charge in [-0.3, -0.25) is 4.18 Å². The number of carboxylic acid groups (broad SMARTS) is 1. The molecule has 22 heavy (non-hydrogen) atoms. The van der Waals surface area contributed by atoms with Gasteiger partial charge in [0.15, 0.2) is 6.61 Å². The van der Waals surface area contributed by atoms with E-state index in [4.69, 9.17) is 5.11 Å². The molecule has 124 valence electrons. The molecule has 6 heteroatoms. The van der Waals surface area contributed by atoms with Gasteiger partial charge in [-0.25, -0.2) is 4.79 Å². The average molecular weight is 328 g/mol. The standard InChI is InChI=1S/C16H24O5S/c1-2-15(22(19,20)21-13-16(17)18)12-8-4-7-11-14-9-5-3-6-10-14/h3,5-6,9-10,15H,2,4,7-8,11-13H2,1H3,(H,17,18). The molecule has 0 aliphatic carbocycles. The van der Waals surface area contributed by atoms with Crippen LogP contribution in [-0.4, -0.2) is 31.4 Å². The van der Waals surface area contributed by atoms with Crippen molar-refractivity contribution in [1.29, 1.82) is 0 Å². The molecule has 1 unspecified atom stereocenters. The number of hydrogen-bond donors (Lipinski definition) is 1. The van der Waals surface area contributed by atoms with Crippen LogP contribution < -0.4 is 0 Å². The number of benzene rings is 1. The Balaban J connectivity index is 2.30. The Bertz CT molecular complexity index is 539. The van der Waals surface area contributed by atoms with Crippen LogP contribution in [0.15, 0.2) is 30.3 Å². The van der Waals surface area contributed by atoms with Crippen molar-refractivity contribution >= 4 is 16.1 Å². The summed E-state index contributed by atoms with van der Waals surface area (Å²) in [7, 11) is -3.79. The minimum absolute atomic E-state index is 0.431. The Labute approximate surface area is 132 Å². The highest BCUT2D eigenvalue weighted by atomic mass is 32.2. The van der Waals surface area contributed by atoms with Crippen molar-refractivity contribution in [2.45, 2.75) is 50.7 Å². The van der Waals surface area contributed by atoms with E-state index in [-0.39, 0.29) is 0 Å². The lowest BCUT2D eigenvalue weighted by molar-refractivity contribution is -0.139. The number of aryl methyl sites for hydroxylation is 1.